The number of hydrogen-bond donors (Lipinski definition) is 0. The van der Waals surface area contributed by atoms with Crippen molar-refractivity contribution in [3.05, 3.63) is 28.8 Å². The van der Waals surface area contributed by atoms with E-state index in [2.05, 4.69) is 0 Å². The smallest absolute Gasteiger partial charge is 0.141 e. The lowest BCUT2D eigenvalue weighted by molar-refractivity contribution is 0.0743. The summed E-state index contributed by atoms with van der Waals surface area (Å²) in [5.74, 6) is 0.424. The quantitative estimate of drug-likeness (QED) is 0.753. The van der Waals surface area contributed by atoms with Crippen molar-refractivity contribution in [2.75, 3.05) is 13.2 Å². The highest BCUT2D eigenvalue weighted by Gasteiger charge is 2.04. The number of hydrogen-bond acceptors (Lipinski definition) is 4. The molecule has 0 N–H and O–H groups in total. The van der Waals surface area contributed by atoms with Gasteiger partial charge in [0.25, 0.3) is 0 Å². The van der Waals surface area contributed by atoms with Gasteiger partial charge in [0.05, 0.1) is 18.2 Å². The molecule has 1 rings (SSSR count). The van der Waals surface area contributed by atoms with E-state index in [-0.39, 0.29) is 13.2 Å². The van der Waals surface area contributed by atoms with Gasteiger partial charge < -0.3 is 9.47 Å². The van der Waals surface area contributed by atoms with Gasteiger partial charge in [-0.2, -0.15) is 10.5 Å². The van der Waals surface area contributed by atoms with Gasteiger partial charge in [0.2, 0.25) is 0 Å². The van der Waals surface area contributed by atoms with Gasteiger partial charge in [-0.05, 0) is 19.1 Å². The summed E-state index contributed by atoms with van der Waals surface area (Å²) in [7, 11) is 0. The summed E-state index contributed by atoms with van der Waals surface area (Å²) in [5, 5.41) is 17.8. The zero-order valence-corrected chi connectivity index (χ0v) is 10.1. The van der Waals surface area contributed by atoms with Crippen molar-refractivity contribution in [2.24, 2.45) is 0 Å². The molecule has 0 bridgehead atoms. The van der Waals surface area contributed by atoms with Gasteiger partial charge in [-0.25, -0.2) is 0 Å². The molecule has 0 heterocycles. The van der Waals surface area contributed by atoms with Crippen LogP contribution in [0, 0.1) is 22.7 Å². The molecule has 4 nitrogen and oxygen atoms in total. The van der Waals surface area contributed by atoms with Crippen LogP contribution in [0.3, 0.4) is 0 Å². The molecule has 1 atom stereocenters. The second-order valence-corrected chi connectivity index (χ2v) is 3.68. The minimum Gasteiger partial charge on any atom is -0.490 e. The van der Waals surface area contributed by atoms with Crippen LogP contribution in [0.15, 0.2) is 18.2 Å². The van der Waals surface area contributed by atoms with Crippen molar-refractivity contribution in [1.29, 1.82) is 10.5 Å². The number of nitrogens with zero attached hydrogens (tertiary/aromatic N) is 2. The van der Waals surface area contributed by atoms with Gasteiger partial charge in [-0.15, -0.1) is 0 Å². The highest BCUT2D eigenvalue weighted by molar-refractivity contribution is 6.30. The molecule has 0 saturated carbocycles. The van der Waals surface area contributed by atoms with Crippen LogP contribution in [0.1, 0.15) is 12.5 Å². The molecule has 0 aliphatic carbocycles. The van der Waals surface area contributed by atoms with E-state index < -0.39 is 6.10 Å². The summed E-state index contributed by atoms with van der Waals surface area (Å²) in [6.07, 6.45) is -0.464. The number of halogens is 1. The first kappa shape index (κ1) is 13.3. The molecule has 88 valence electrons. The van der Waals surface area contributed by atoms with Crippen LogP contribution in [-0.2, 0) is 4.74 Å². The predicted octanol–water partition coefficient (Wildman–Crippen LogP) is 2.52. The molecule has 1 aromatic carbocycles. The van der Waals surface area contributed by atoms with E-state index in [1.165, 1.54) is 0 Å². The molecule has 0 aromatic heterocycles. The summed E-state index contributed by atoms with van der Waals surface area (Å²) in [5.41, 5.74) is 0.419. The Balaban J connectivity index is 2.50. The fourth-order valence-corrected chi connectivity index (χ4v) is 1.28. The van der Waals surface area contributed by atoms with E-state index in [4.69, 9.17) is 31.6 Å². The average Bonchev–Trinajstić information content (AvgIpc) is 2.34. The van der Waals surface area contributed by atoms with Gasteiger partial charge in [-0.3, -0.25) is 0 Å². The Bertz CT molecular complexity index is 463. The maximum atomic E-state index is 8.84. The largest absolute Gasteiger partial charge is 0.490 e. The van der Waals surface area contributed by atoms with E-state index >= 15 is 0 Å². The van der Waals surface area contributed by atoms with Crippen molar-refractivity contribution in [3.8, 4) is 17.9 Å². The highest BCUT2D eigenvalue weighted by Crippen LogP contribution is 2.22. The molecule has 0 radical (unpaired) electrons. The Morgan fingerprint density at radius 2 is 2.12 bits per heavy atom. The van der Waals surface area contributed by atoms with Gasteiger partial charge in [-0.1, -0.05) is 11.6 Å². The van der Waals surface area contributed by atoms with Crippen molar-refractivity contribution >= 4 is 11.6 Å². The van der Waals surface area contributed by atoms with Gasteiger partial charge in [0.15, 0.2) is 0 Å². The monoisotopic (exact) mass is 250 g/mol. The van der Waals surface area contributed by atoms with Crippen LogP contribution in [0.4, 0.5) is 0 Å². The second-order valence-electron chi connectivity index (χ2n) is 3.24. The van der Waals surface area contributed by atoms with Crippen molar-refractivity contribution in [3.63, 3.8) is 0 Å². The fourth-order valence-electron chi connectivity index (χ4n) is 1.12. The van der Waals surface area contributed by atoms with E-state index in [0.29, 0.717) is 16.3 Å². The van der Waals surface area contributed by atoms with Gasteiger partial charge in [0.1, 0.15) is 24.5 Å². The third kappa shape index (κ3) is 4.32. The van der Waals surface area contributed by atoms with Crippen LogP contribution in [0.25, 0.3) is 0 Å². The SMILES string of the molecule is CC(C#N)OCCOc1cc(Cl)ccc1C#N. The normalized spacial score (nSPS) is 11.3. The molecule has 0 fully saturated rings. The molecule has 0 amide bonds. The van der Waals surface area contributed by atoms with Crippen molar-refractivity contribution in [2.45, 2.75) is 13.0 Å². The Morgan fingerprint density at radius 3 is 2.76 bits per heavy atom. The van der Waals surface area contributed by atoms with E-state index in [9.17, 15) is 0 Å². The second kappa shape index (κ2) is 6.75. The first-order chi connectivity index (χ1) is 8.17. The summed E-state index contributed by atoms with van der Waals surface area (Å²) in [6, 6.07) is 8.75. The first-order valence-electron chi connectivity index (χ1n) is 5.01. The van der Waals surface area contributed by atoms with Gasteiger partial charge in [0, 0.05) is 11.1 Å². The lowest BCUT2D eigenvalue weighted by Gasteiger charge is -2.09. The molecular formula is C12H11ClN2O2. The summed E-state index contributed by atoms with van der Waals surface area (Å²) < 4.78 is 10.5. The molecule has 1 aromatic rings. The molecule has 17 heavy (non-hydrogen) atoms. The van der Waals surface area contributed by atoms with Crippen LogP contribution in [0.5, 0.6) is 5.75 Å². The maximum absolute atomic E-state index is 8.84. The average molecular weight is 251 g/mol. The summed E-state index contributed by atoms with van der Waals surface area (Å²) >= 11 is 5.80. The van der Waals surface area contributed by atoms with Gasteiger partial charge >= 0.3 is 0 Å². The zero-order chi connectivity index (χ0) is 12.7. The minimum absolute atomic E-state index is 0.265. The standard InChI is InChI=1S/C12H11ClN2O2/c1-9(7-14)16-4-5-17-12-6-11(13)3-2-10(12)8-15/h2-3,6,9H,4-5H2,1H3. The summed E-state index contributed by atoms with van der Waals surface area (Å²) in [4.78, 5) is 0. The van der Waals surface area contributed by atoms with Crippen LogP contribution in [0.2, 0.25) is 5.02 Å². The molecule has 0 aliphatic heterocycles. The highest BCUT2D eigenvalue weighted by atomic mass is 35.5. The zero-order valence-electron chi connectivity index (χ0n) is 9.31. The van der Waals surface area contributed by atoms with Crippen LogP contribution in [-0.4, -0.2) is 19.3 Å². The van der Waals surface area contributed by atoms with Crippen LogP contribution >= 0.6 is 11.6 Å². The van der Waals surface area contributed by atoms with E-state index in [1.807, 2.05) is 12.1 Å². The molecule has 0 spiro atoms. The third-order valence-corrected chi connectivity index (χ3v) is 2.19. The van der Waals surface area contributed by atoms with Crippen molar-refractivity contribution < 1.29 is 9.47 Å². The fraction of sp³-hybridized carbons (Fsp3) is 0.333. The van der Waals surface area contributed by atoms with E-state index in [0.717, 1.165) is 0 Å². The predicted molar refractivity (Wildman–Crippen MR) is 62.7 cm³/mol. The number of rotatable bonds is 5. The molecule has 0 aliphatic rings. The topological polar surface area (TPSA) is 66.0 Å². The Morgan fingerprint density at radius 1 is 1.35 bits per heavy atom. The summed E-state index contributed by atoms with van der Waals surface area (Å²) in [6.45, 7) is 2.20. The molecule has 1 unspecified atom stereocenters. The number of ether oxygens (including phenoxy) is 2. The van der Waals surface area contributed by atoms with Crippen molar-refractivity contribution in [1.82, 2.24) is 0 Å². The molecule has 0 saturated heterocycles. The van der Waals surface area contributed by atoms with E-state index in [1.54, 1.807) is 25.1 Å². The first-order valence-corrected chi connectivity index (χ1v) is 5.39. The number of benzene rings is 1. The Hall–Kier alpha value is -1.75. The molecule has 5 heteroatoms. The lowest BCUT2D eigenvalue weighted by Crippen LogP contribution is -2.12. The van der Waals surface area contributed by atoms with Crippen LogP contribution < -0.4 is 4.74 Å². The number of nitriles is 2. The minimum atomic E-state index is -0.464. The Kier molecular flexibility index (Phi) is 5.29. The maximum Gasteiger partial charge on any atom is 0.141 e. The third-order valence-electron chi connectivity index (χ3n) is 1.95. The Labute approximate surface area is 105 Å². The lowest BCUT2D eigenvalue weighted by atomic mass is 10.2. The molecular weight excluding hydrogens is 240 g/mol.